The van der Waals surface area contributed by atoms with Crippen LogP contribution in [0.2, 0.25) is 0 Å². The number of hydrogen-bond donors (Lipinski definition) is 4. The number of aromatic nitrogens is 4. The van der Waals surface area contributed by atoms with E-state index in [4.69, 9.17) is 10.2 Å². The highest BCUT2D eigenvalue weighted by Crippen LogP contribution is 2.15. The molecule has 16 heavy (non-hydrogen) atoms. The lowest BCUT2D eigenvalue weighted by Crippen LogP contribution is -2.33. The Hall–Kier alpha value is -2.22. The summed E-state index contributed by atoms with van der Waals surface area (Å²) in [6, 6.07) is -1.11. The molecule has 84 valence electrons. The number of carboxylic acid groups (broad SMARTS) is 1. The van der Waals surface area contributed by atoms with Gasteiger partial charge >= 0.3 is 5.97 Å². The van der Waals surface area contributed by atoms with Crippen molar-refractivity contribution in [3.8, 4) is 0 Å². The van der Waals surface area contributed by atoms with Crippen LogP contribution in [0.3, 0.4) is 0 Å². The molecule has 0 radical (unpaired) electrons. The van der Waals surface area contributed by atoms with Crippen LogP contribution in [0.15, 0.2) is 12.7 Å². The normalized spacial score (nSPS) is 12.6. The van der Waals surface area contributed by atoms with E-state index in [9.17, 15) is 4.79 Å². The third-order valence-corrected chi connectivity index (χ3v) is 2.01. The minimum atomic E-state index is -1.16. The Morgan fingerprint density at radius 1 is 1.50 bits per heavy atom. The van der Waals surface area contributed by atoms with E-state index in [1.807, 2.05) is 0 Å². The first-order valence-corrected chi connectivity index (χ1v) is 4.46. The molecule has 0 fully saturated rings. The van der Waals surface area contributed by atoms with Crippen LogP contribution in [0.1, 0.15) is 0 Å². The number of aromatic amines is 1. The van der Waals surface area contributed by atoms with Gasteiger partial charge in [-0.3, -0.25) is 0 Å². The molecule has 4 N–H and O–H groups in total. The Bertz CT molecular complexity index is 511. The lowest BCUT2D eigenvalue weighted by molar-refractivity contribution is -0.138. The van der Waals surface area contributed by atoms with Crippen LogP contribution in [0.4, 0.5) is 5.82 Å². The van der Waals surface area contributed by atoms with Gasteiger partial charge in [0.25, 0.3) is 0 Å². The van der Waals surface area contributed by atoms with Crippen LogP contribution >= 0.6 is 0 Å². The first kappa shape index (κ1) is 10.3. The summed E-state index contributed by atoms with van der Waals surface area (Å²) in [5.74, 6) is -0.863. The number of carbonyl (C=O) groups is 1. The van der Waals surface area contributed by atoms with Gasteiger partial charge in [0.05, 0.1) is 12.9 Å². The van der Waals surface area contributed by atoms with Gasteiger partial charge in [0.1, 0.15) is 17.9 Å². The third kappa shape index (κ3) is 1.77. The van der Waals surface area contributed by atoms with Crippen molar-refractivity contribution in [2.24, 2.45) is 0 Å². The molecule has 0 amide bonds. The molecule has 0 bridgehead atoms. The predicted molar refractivity (Wildman–Crippen MR) is 53.8 cm³/mol. The van der Waals surface area contributed by atoms with Crippen molar-refractivity contribution in [2.75, 3.05) is 11.9 Å². The average molecular weight is 223 g/mol. The Balaban J connectivity index is 2.33. The molecule has 0 aliphatic carbocycles. The molecule has 8 nitrogen and oxygen atoms in total. The zero-order valence-electron chi connectivity index (χ0n) is 8.08. The number of carboxylic acids is 1. The molecule has 2 heterocycles. The van der Waals surface area contributed by atoms with Crippen molar-refractivity contribution in [1.29, 1.82) is 0 Å². The Labute approximate surface area is 89.4 Å². The molecule has 0 saturated carbocycles. The van der Waals surface area contributed by atoms with Gasteiger partial charge in [-0.1, -0.05) is 0 Å². The molecule has 0 spiro atoms. The van der Waals surface area contributed by atoms with Gasteiger partial charge in [0.2, 0.25) is 0 Å². The first-order chi connectivity index (χ1) is 7.72. The van der Waals surface area contributed by atoms with E-state index in [-0.39, 0.29) is 0 Å². The number of aliphatic carboxylic acids is 1. The highest BCUT2D eigenvalue weighted by atomic mass is 16.4. The van der Waals surface area contributed by atoms with Crippen molar-refractivity contribution in [2.45, 2.75) is 6.04 Å². The van der Waals surface area contributed by atoms with Crippen LogP contribution < -0.4 is 5.32 Å². The molecule has 0 aliphatic heterocycles. The molecule has 0 unspecified atom stereocenters. The van der Waals surface area contributed by atoms with Gasteiger partial charge in [-0.2, -0.15) is 0 Å². The fourth-order valence-electron chi connectivity index (χ4n) is 1.22. The smallest absolute Gasteiger partial charge is 0.328 e. The van der Waals surface area contributed by atoms with E-state index in [0.29, 0.717) is 17.0 Å². The lowest BCUT2D eigenvalue weighted by Gasteiger charge is -2.11. The van der Waals surface area contributed by atoms with Crippen LogP contribution in [0, 0.1) is 0 Å². The summed E-state index contributed by atoms with van der Waals surface area (Å²) in [6.45, 7) is -0.533. The molecule has 2 rings (SSSR count). The summed E-state index contributed by atoms with van der Waals surface area (Å²) >= 11 is 0. The van der Waals surface area contributed by atoms with Crippen molar-refractivity contribution < 1.29 is 15.0 Å². The van der Waals surface area contributed by atoms with E-state index < -0.39 is 18.6 Å². The number of fused-ring (bicyclic) bond motifs is 1. The Morgan fingerprint density at radius 2 is 2.31 bits per heavy atom. The maximum absolute atomic E-state index is 10.7. The molecule has 0 aromatic carbocycles. The number of nitrogens with one attached hydrogen (secondary N) is 2. The van der Waals surface area contributed by atoms with E-state index in [1.54, 1.807) is 0 Å². The van der Waals surface area contributed by atoms with E-state index in [2.05, 4.69) is 25.3 Å². The van der Waals surface area contributed by atoms with Gasteiger partial charge in [0.15, 0.2) is 11.5 Å². The van der Waals surface area contributed by atoms with Crippen LogP contribution in [0.25, 0.3) is 11.2 Å². The molecule has 2 aromatic heterocycles. The van der Waals surface area contributed by atoms with Crippen molar-refractivity contribution >= 4 is 23.0 Å². The monoisotopic (exact) mass is 223 g/mol. The number of rotatable bonds is 4. The third-order valence-electron chi connectivity index (χ3n) is 2.01. The summed E-state index contributed by atoms with van der Waals surface area (Å²) in [5, 5.41) is 20.2. The first-order valence-electron chi connectivity index (χ1n) is 4.46. The quantitative estimate of drug-likeness (QED) is 0.535. The molecular formula is C8H9N5O3. The maximum Gasteiger partial charge on any atom is 0.328 e. The largest absolute Gasteiger partial charge is 0.480 e. The van der Waals surface area contributed by atoms with Gasteiger partial charge in [-0.15, -0.1) is 0 Å². The predicted octanol–water partition coefficient (Wildman–Crippen LogP) is -0.790. The zero-order valence-corrected chi connectivity index (χ0v) is 8.08. The minimum Gasteiger partial charge on any atom is -0.480 e. The second-order valence-electron chi connectivity index (χ2n) is 3.04. The van der Waals surface area contributed by atoms with Crippen molar-refractivity contribution in [3.63, 3.8) is 0 Å². The number of H-pyrrole nitrogens is 1. The van der Waals surface area contributed by atoms with E-state index in [0.717, 1.165) is 0 Å². The Morgan fingerprint density at radius 3 is 3.00 bits per heavy atom. The standard InChI is InChI=1S/C8H9N5O3/c14-1-4(8(15)16)13-7-5-6(10-2-9-5)11-3-12-7/h2-4,14H,1H2,(H,15,16)(H2,9,10,11,12,13)/t4-/m0/s1. The summed E-state index contributed by atoms with van der Waals surface area (Å²) in [6.07, 6.45) is 2.70. The number of anilines is 1. The SMILES string of the molecule is O=C(O)[C@H](CO)Nc1ncnc2nc[nH]c12. The molecular weight excluding hydrogens is 214 g/mol. The number of aliphatic hydroxyl groups is 1. The van der Waals surface area contributed by atoms with Gasteiger partial charge in [0, 0.05) is 0 Å². The van der Waals surface area contributed by atoms with E-state index in [1.165, 1.54) is 12.7 Å². The highest BCUT2D eigenvalue weighted by Gasteiger charge is 2.18. The summed E-state index contributed by atoms with van der Waals surface area (Å²) in [4.78, 5) is 25.2. The van der Waals surface area contributed by atoms with Crippen LogP contribution in [-0.2, 0) is 4.79 Å². The summed E-state index contributed by atoms with van der Waals surface area (Å²) < 4.78 is 0. The topological polar surface area (TPSA) is 124 Å². The maximum atomic E-state index is 10.7. The van der Waals surface area contributed by atoms with Gasteiger partial charge in [-0.05, 0) is 0 Å². The number of hydrogen-bond acceptors (Lipinski definition) is 6. The zero-order chi connectivity index (χ0) is 11.5. The molecule has 2 aromatic rings. The lowest BCUT2D eigenvalue weighted by atomic mass is 10.3. The number of nitrogens with zero attached hydrogens (tertiary/aromatic N) is 3. The number of imidazole rings is 1. The van der Waals surface area contributed by atoms with Gasteiger partial charge < -0.3 is 20.5 Å². The van der Waals surface area contributed by atoms with Gasteiger partial charge in [-0.25, -0.2) is 19.7 Å². The fraction of sp³-hybridized carbons (Fsp3) is 0.250. The van der Waals surface area contributed by atoms with Crippen LogP contribution in [0.5, 0.6) is 0 Å². The minimum absolute atomic E-state index is 0.295. The molecule has 0 aliphatic rings. The van der Waals surface area contributed by atoms with Crippen molar-refractivity contribution in [3.05, 3.63) is 12.7 Å². The van der Waals surface area contributed by atoms with Crippen molar-refractivity contribution in [1.82, 2.24) is 19.9 Å². The molecule has 0 saturated heterocycles. The molecule has 8 heteroatoms. The van der Waals surface area contributed by atoms with Crippen LogP contribution in [-0.4, -0.2) is 48.8 Å². The summed E-state index contributed by atoms with van der Waals surface area (Å²) in [7, 11) is 0. The number of aliphatic hydroxyl groups excluding tert-OH is 1. The van der Waals surface area contributed by atoms with E-state index >= 15 is 0 Å². The highest BCUT2D eigenvalue weighted by molar-refractivity contribution is 5.85. The second-order valence-corrected chi connectivity index (χ2v) is 3.04. The Kier molecular flexibility index (Phi) is 2.64. The summed E-state index contributed by atoms with van der Waals surface area (Å²) in [5.41, 5.74) is 0.932. The average Bonchev–Trinajstić information content (AvgIpc) is 2.73. The molecule has 1 atom stereocenters. The fourth-order valence-corrected chi connectivity index (χ4v) is 1.22. The second kappa shape index (κ2) is 4.11.